The highest BCUT2D eigenvalue weighted by atomic mass is 32.1. The number of rotatable bonds is 5. The lowest BCUT2D eigenvalue weighted by Crippen LogP contribution is -2.52. The number of morpholine rings is 1. The van der Waals surface area contributed by atoms with Crippen LogP contribution < -0.4 is 5.32 Å². The van der Waals surface area contributed by atoms with Crippen molar-refractivity contribution in [3.63, 3.8) is 0 Å². The van der Waals surface area contributed by atoms with Crippen molar-refractivity contribution in [3.8, 4) is 0 Å². The lowest BCUT2D eigenvalue weighted by Gasteiger charge is -2.38. The number of nitrogens with zero attached hydrogens (tertiary/aromatic N) is 3. The van der Waals surface area contributed by atoms with Crippen molar-refractivity contribution < 1.29 is 9.53 Å². The first-order valence-electron chi connectivity index (χ1n) is 7.50. The molecular weight excluding hydrogens is 288 g/mol. The number of ether oxygens (including phenoxy) is 1. The van der Waals surface area contributed by atoms with Gasteiger partial charge in [-0.1, -0.05) is 11.4 Å². The monoisotopic (exact) mass is 312 g/mol. The summed E-state index contributed by atoms with van der Waals surface area (Å²) in [5.41, 5.74) is 0.777. The molecule has 0 bridgehead atoms. The first-order valence-corrected chi connectivity index (χ1v) is 8.27. The third-order valence-electron chi connectivity index (χ3n) is 3.73. The molecule has 1 aromatic rings. The average molecular weight is 312 g/mol. The van der Waals surface area contributed by atoms with Crippen molar-refractivity contribution in [3.05, 3.63) is 10.6 Å². The molecule has 0 radical (unpaired) electrons. The summed E-state index contributed by atoms with van der Waals surface area (Å²) in [4.78, 5) is 15.2. The van der Waals surface area contributed by atoms with Gasteiger partial charge in [0, 0.05) is 25.7 Å². The molecule has 0 saturated carbocycles. The van der Waals surface area contributed by atoms with Crippen LogP contribution in [-0.4, -0.2) is 58.3 Å². The molecule has 0 aliphatic carbocycles. The van der Waals surface area contributed by atoms with E-state index < -0.39 is 0 Å². The quantitative estimate of drug-likeness (QED) is 0.888. The predicted molar refractivity (Wildman–Crippen MR) is 82.7 cm³/mol. The van der Waals surface area contributed by atoms with Gasteiger partial charge < -0.3 is 10.1 Å². The second kappa shape index (κ2) is 7.29. The molecule has 6 nitrogen and oxygen atoms in total. The Balaban J connectivity index is 1.86. The van der Waals surface area contributed by atoms with E-state index in [4.69, 9.17) is 4.74 Å². The van der Waals surface area contributed by atoms with Gasteiger partial charge in [0.1, 0.15) is 4.88 Å². The van der Waals surface area contributed by atoms with Crippen LogP contribution in [0.3, 0.4) is 0 Å². The number of aryl methyl sites for hydroxylation is 1. The van der Waals surface area contributed by atoms with Crippen LogP contribution in [0.4, 0.5) is 0 Å². The standard InChI is InChI=1S/C14H24N4O2S/c1-5-12-13(21-17-16-12)14(19)15-6-9(2)18-7-10(3)20-11(4)8-18/h9-11H,5-8H2,1-4H3,(H,15,19)/t9-,10-,11-/m0/s1. The van der Waals surface area contributed by atoms with E-state index in [0.717, 1.165) is 36.7 Å². The third kappa shape index (κ3) is 4.21. The summed E-state index contributed by atoms with van der Waals surface area (Å²) in [7, 11) is 0. The molecule has 3 atom stereocenters. The van der Waals surface area contributed by atoms with Crippen LogP contribution in [0.2, 0.25) is 0 Å². The van der Waals surface area contributed by atoms with E-state index in [2.05, 4.69) is 40.6 Å². The highest BCUT2D eigenvalue weighted by Crippen LogP contribution is 2.14. The van der Waals surface area contributed by atoms with E-state index in [9.17, 15) is 4.79 Å². The van der Waals surface area contributed by atoms with Gasteiger partial charge in [-0.15, -0.1) is 5.10 Å². The summed E-state index contributed by atoms with van der Waals surface area (Å²) in [5.74, 6) is -0.0666. The number of amides is 1. The van der Waals surface area contributed by atoms with Gasteiger partial charge in [0.05, 0.1) is 17.9 Å². The van der Waals surface area contributed by atoms with Crippen LogP contribution in [0.5, 0.6) is 0 Å². The highest BCUT2D eigenvalue weighted by molar-refractivity contribution is 7.08. The fourth-order valence-corrected chi connectivity index (χ4v) is 3.31. The molecule has 118 valence electrons. The molecule has 0 spiro atoms. The van der Waals surface area contributed by atoms with E-state index in [1.54, 1.807) is 0 Å². The molecule has 1 aliphatic rings. The van der Waals surface area contributed by atoms with Gasteiger partial charge >= 0.3 is 0 Å². The molecular formula is C14H24N4O2S. The SMILES string of the molecule is CCc1nnsc1C(=O)NC[C@H](C)N1C[C@H](C)O[C@@H](C)C1. The number of carbonyl (C=O) groups is 1. The molecule has 2 rings (SSSR count). The fourth-order valence-electron chi connectivity index (χ4n) is 2.64. The smallest absolute Gasteiger partial charge is 0.265 e. The van der Waals surface area contributed by atoms with E-state index in [-0.39, 0.29) is 24.2 Å². The first-order chi connectivity index (χ1) is 10.0. The Morgan fingerprint density at radius 1 is 1.48 bits per heavy atom. The van der Waals surface area contributed by atoms with Crippen LogP contribution in [0, 0.1) is 0 Å². The molecule has 2 heterocycles. The molecule has 7 heteroatoms. The zero-order chi connectivity index (χ0) is 15.4. The number of aromatic nitrogens is 2. The topological polar surface area (TPSA) is 67.4 Å². The van der Waals surface area contributed by atoms with Gasteiger partial charge in [0.15, 0.2) is 0 Å². The average Bonchev–Trinajstić information content (AvgIpc) is 2.91. The molecule has 21 heavy (non-hydrogen) atoms. The minimum atomic E-state index is -0.0666. The first kappa shape index (κ1) is 16.3. The molecule has 0 unspecified atom stereocenters. The van der Waals surface area contributed by atoms with E-state index in [0.29, 0.717) is 11.4 Å². The van der Waals surface area contributed by atoms with Crippen molar-refractivity contribution in [2.75, 3.05) is 19.6 Å². The fraction of sp³-hybridized carbons (Fsp3) is 0.786. The van der Waals surface area contributed by atoms with Crippen molar-refractivity contribution in [2.24, 2.45) is 0 Å². The molecule has 1 N–H and O–H groups in total. The molecule has 1 aliphatic heterocycles. The van der Waals surface area contributed by atoms with Crippen molar-refractivity contribution in [1.29, 1.82) is 0 Å². The second-order valence-corrected chi connectivity index (χ2v) is 6.43. The van der Waals surface area contributed by atoms with Crippen molar-refractivity contribution in [2.45, 2.75) is 52.4 Å². The van der Waals surface area contributed by atoms with Crippen LogP contribution in [0.1, 0.15) is 43.1 Å². The summed E-state index contributed by atoms with van der Waals surface area (Å²) >= 11 is 1.16. The van der Waals surface area contributed by atoms with Crippen LogP contribution in [0.25, 0.3) is 0 Å². The number of hydrogen-bond donors (Lipinski definition) is 1. The van der Waals surface area contributed by atoms with E-state index in [1.807, 2.05) is 6.92 Å². The molecule has 1 amide bonds. The molecule has 0 aromatic carbocycles. The maximum absolute atomic E-state index is 12.2. The summed E-state index contributed by atoms with van der Waals surface area (Å²) in [6, 6.07) is 0.286. The van der Waals surface area contributed by atoms with Gasteiger partial charge in [-0.2, -0.15) is 0 Å². The Morgan fingerprint density at radius 2 is 2.14 bits per heavy atom. The van der Waals surface area contributed by atoms with Crippen molar-refractivity contribution >= 4 is 17.4 Å². The zero-order valence-electron chi connectivity index (χ0n) is 13.1. The van der Waals surface area contributed by atoms with E-state index in [1.165, 1.54) is 0 Å². The van der Waals surface area contributed by atoms with Gasteiger partial charge in [-0.05, 0) is 38.7 Å². The van der Waals surface area contributed by atoms with Crippen LogP contribution in [0.15, 0.2) is 0 Å². The lowest BCUT2D eigenvalue weighted by molar-refractivity contribution is -0.0778. The normalized spacial score (nSPS) is 24.8. The predicted octanol–water partition coefficient (Wildman–Crippen LogP) is 1.33. The van der Waals surface area contributed by atoms with Gasteiger partial charge in [-0.3, -0.25) is 9.69 Å². The van der Waals surface area contributed by atoms with Gasteiger partial charge in [0.25, 0.3) is 5.91 Å². The van der Waals surface area contributed by atoms with Crippen LogP contribution in [-0.2, 0) is 11.2 Å². The Bertz CT molecular complexity index is 469. The Hall–Kier alpha value is -1.05. The number of hydrogen-bond acceptors (Lipinski definition) is 6. The van der Waals surface area contributed by atoms with Crippen LogP contribution >= 0.6 is 11.5 Å². The lowest BCUT2D eigenvalue weighted by atomic mass is 10.1. The number of nitrogens with one attached hydrogen (secondary N) is 1. The summed E-state index contributed by atoms with van der Waals surface area (Å²) in [6.45, 7) is 10.7. The summed E-state index contributed by atoms with van der Waals surface area (Å²) in [6.07, 6.45) is 1.21. The minimum absolute atomic E-state index is 0.0666. The molecule has 1 aromatic heterocycles. The highest BCUT2D eigenvalue weighted by Gasteiger charge is 2.26. The van der Waals surface area contributed by atoms with E-state index >= 15 is 0 Å². The van der Waals surface area contributed by atoms with Gasteiger partial charge in [0.2, 0.25) is 0 Å². The Labute approximate surface area is 130 Å². The zero-order valence-corrected chi connectivity index (χ0v) is 13.9. The van der Waals surface area contributed by atoms with Crippen molar-refractivity contribution in [1.82, 2.24) is 19.8 Å². The minimum Gasteiger partial charge on any atom is -0.373 e. The summed E-state index contributed by atoms with van der Waals surface area (Å²) < 4.78 is 9.59. The Morgan fingerprint density at radius 3 is 2.76 bits per heavy atom. The Kier molecular flexibility index (Phi) is 5.66. The maximum atomic E-state index is 12.2. The maximum Gasteiger partial charge on any atom is 0.265 e. The largest absolute Gasteiger partial charge is 0.373 e. The van der Waals surface area contributed by atoms with Gasteiger partial charge in [-0.25, -0.2) is 0 Å². The summed E-state index contributed by atoms with van der Waals surface area (Å²) in [5, 5.41) is 6.97. The number of carbonyl (C=O) groups excluding carboxylic acids is 1. The second-order valence-electron chi connectivity index (χ2n) is 5.67. The third-order valence-corrected chi connectivity index (χ3v) is 4.49. The molecule has 1 fully saturated rings. The molecule has 1 saturated heterocycles.